The minimum atomic E-state index is -2.38. The molecule has 0 unspecified atom stereocenters. The highest BCUT2D eigenvalue weighted by Crippen LogP contribution is 2.23. The van der Waals surface area contributed by atoms with Crippen molar-refractivity contribution in [1.29, 1.82) is 0 Å². The lowest BCUT2D eigenvalue weighted by Gasteiger charge is -2.33. The molecule has 4 aromatic heterocycles. The normalized spacial score (nSPS) is 18.2. The molecule has 0 spiro atoms. The largest absolute Gasteiger partial charge is 0.354 e. The van der Waals surface area contributed by atoms with Crippen LogP contribution in [0.4, 0.5) is 11.6 Å². The molecule has 0 aliphatic carbocycles. The van der Waals surface area contributed by atoms with Crippen molar-refractivity contribution in [2.24, 2.45) is 6.98 Å². The Morgan fingerprint density at radius 2 is 1.88 bits per heavy atom. The number of amides is 1. The molecule has 1 N–H and O–H groups in total. The molecular weight excluding hydrogens is 404 g/mol. The van der Waals surface area contributed by atoms with Crippen molar-refractivity contribution >= 4 is 28.3 Å². The minimum absolute atomic E-state index is 0.336. The van der Waals surface area contributed by atoms with Crippen LogP contribution in [0.25, 0.3) is 22.0 Å². The summed E-state index contributed by atoms with van der Waals surface area (Å²) in [5, 5.41) is 8.20. The van der Waals surface area contributed by atoms with Crippen LogP contribution in [0.5, 0.6) is 0 Å². The molecule has 0 radical (unpaired) electrons. The van der Waals surface area contributed by atoms with Gasteiger partial charge in [-0.2, -0.15) is 5.10 Å². The van der Waals surface area contributed by atoms with Crippen molar-refractivity contribution in [2.75, 3.05) is 43.4 Å². The fraction of sp³-hybridized carbons (Fsp3) is 0.261. The number of pyridine rings is 3. The lowest BCUT2D eigenvalue weighted by Crippen LogP contribution is -2.44. The van der Waals surface area contributed by atoms with Gasteiger partial charge in [-0.15, -0.1) is 0 Å². The van der Waals surface area contributed by atoms with E-state index in [9.17, 15) is 4.79 Å². The predicted molar refractivity (Wildman–Crippen MR) is 124 cm³/mol. The number of fused-ring (bicyclic) bond motifs is 1. The van der Waals surface area contributed by atoms with E-state index < -0.39 is 14.0 Å². The Bertz CT molecular complexity index is 1480. The van der Waals surface area contributed by atoms with E-state index in [4.69, 9.17) is 8.22 Å². The molecule has 5 rings (SSSR count). The minimum Gasteiger partial charge on any atom is -0.354 e. The van der Waals surface area contributed by atoms with Gasteiger partial charge in [0.2, 0.25) is 0 Å². The fourth-order valence-electron chi connectivity index (χ4n) is 3.58. The lowest BCUT2D eigenvalue weighted by molar-refractivity contribution is 0.102. The second-order valence-corrected chi connectivity index (χ2v) is 7.49. The van der Waals surface area contributed by atoms with Crippen LogP contribution < -0.4 is 10.2 Å². The van der Waals surface area contributed by atoms with Gasteiger partial charge in [0, 0.05) is 82.7 Å². The molecule has 0 bridgehead atoms. The Labute approximate surface area is 194 Å². The van der Waals surface area contributed by atoms with Crippen LogP contribution in [0.2, 0.25) is 0 Å². The van der Waals surface area contributed by atoms with Crippen LogP contribution in [-0.4, -0.2) is 68.7 Å². The molecule has 1 aliphatic heterocycles. The van der Waals surface area contributed by atoms with Crippen LogP contribution >= 0.6 is 0 Å². The summed E-state index contributed by atoms with van der Waals surface area (Å²) < 4.78 is 46.0. The maximum Gasteiger partial charge on any atom is 0.257 e. The number of anilines is 2. The first kappa shape index (κ1) is 14.3. The number of hydrogen-bond donors (Lipinski definition) is 1. The van der Waals surface area contributed by atoms with Gasteiger partial charge >= 0.3 is 0 Å². The van der Waals surface area contributed by atoms with Gasteiger partial charge in [-0.1, -0.05) is 0 Å². The molecule has 4 aromatic rings. The number of carbonyl (C=O) groups excluding carboxylic acids is 1. The summed E-state index contributed by atoms with van der Waals surface area (Å²) in [7, 11) is 0. The maximum absolute atomic E-state index is 13.0. The van der Waals surface area contributed by atoms with E-state index in [1.54, 1.807) is 42.9 Å². The Kier molecular flexibility index (Phi) is 3.72. The number of aryl methyl sites for hydroxylation is 1. The van der Waals surface area contributed by atoms with Crippen molar-refractivity contribution in [2.45, 2.75) is 0 Å². The number of aromatic nitrogens is 5. The zero-order chi connectivity index (χ0) is 27.1. The van der Waals surface area contributed by atoms with Crippen LogP contribution in [0.15, 0.2) is 55.2 Å². The highest BCUT2D eigenvalue weighted by Gasteiger charge is 2.17. The van der Waals surface area contributed by atoms with E-state index in [2.05, 4.69) is 25.4 Å². The van der Waals surface area contributed by atoms with Crippen molar-refractivity contribution in [3.63, 3.8) is 0 Å². The lowest BCUT2D eigenvalue weighted by atomic mass is 10.1. The van der Waals surface area contributed by atoms with E-state index >= 15 is 0 Å². The molecule has 1 amide bonds. The zero-order valence-electron chi connectivity index (χ0n) is 23.1. The summed E-state index contributed by atoms with van der Waals surface area (Å²) in [5.74, 6) is 0.569. The molecule has 9 nitrogen and oxygen atoms in total. The average Bonchev–Trinajstić information content (AvgIpc) is 3.39. The zero-order valence-corrected chi connectivity index (χ0v) is 17.1. The molecule has 1 aliphatic rings. The van der Waals surface area contributed by atoms with Crippen LogP contribution in [0.1, 0.15) is 18.6 Å². The second-order valence-electron chi connectivity index (χ2n) is 7.49. The first-order chi connectivity index (χ1) is 18.0. The molecule has 162 valence electrons. The van der Waals surface area contributed by atoms with E-state index in [1.165, 1.54) is 17.3 Å². The third kappa shape index (κ3) is 4.15. The van der Waals surface area contributed by atoms with E-state index in [1.807, 2.05) is 4.90 Å². The SMILES string of the molecule is [2H]C([2H])([2H])N1CCN(c2cc(C(=O)Nc3cc4cc(-c5cnn(C([2H])([2H])[2H])c5)ncc4cn3)ccn2)CC1. The number of likely N-dealkylation sites (N-methyl/N-ethyl adjacent to an activating group) is 1. The van der Waals surface area contributed by atoms with Crippen molar-refractivity contribution in [1.82, 2.24) is 29.6 Å². The standard InChI is InChI=1S/C23H24N8O/c1-29-5-7-31(8-6-29)22-11-16(3-4-24-22)23(32)28-21-10-17-9-20(19-14-27-30(2)15-19)25-12-18(17)13-26-21/h3-4,9-15H,5-8H2,1-2H3,(H,26,28,32)/i1D3,2D3. The summed E-state index contributed by atoms with van der Waals surface area (Å²) in [5.41, 5.74) is 1.48. The fourth-order valence-corrected chi connectivity index (χ4v) is 3.58. The van der Waals surface area contributed by atoms with Gasteiger partial charge < -0.3 is 15.1 Å². The predicted octanol–water partition coefficient (Wildman–Crippen LogP) is 2.43. The van der Waals surface area contributed by atoms with E-state index in [0.717, 1.165) is 15.5 Å². The monoisotopic (exact) mass is 434 g/mol. The third-order valence-electron chi connectivity index (χ3n) is 5.33. The van der Waals surface area contributed by atoms with E-state index in [0.29, 0.717) is 54.6 Å². The second kappa shape index (κ2) is 8.35. The Morgan fingerprint density at radius 1 is 1.00 bits per heavy atom. The van der Waals surface area contributed by atoms with Gasteiger partial charge in [-0.25, -0.2) is 9.97 Å². The van der Waals surface area contributed by atoms with Crippen LogP contribution in [0, 0.1) is 0 Å². The first-order valence-electron chi connectivity index (χ1n) is 13.1. The molecule has 1 fully saturated rings. The molecule has 32 heavy (non-hydrogen) atoms. The smallest absolute Gasteiger partial charge is 0.257 e. The molecule has 0 atom stereocenters. The van der Waals surface area contributed by atoms with E-state index in [-0.39, 0.29) is 5.91 Å². The van der Waals surface area contributed by atoms with Crippen molar-refractivity contribution in [3.05, 3.63) is 60.8 Å². The van der Waals surface area contributed by atoms with Gasteiger partial charge in [0.25, 0.3) is 5.91 Å². The highest BCUT2D eigenvalue weighted by molar-refractivity contribution is 6.05. The summed E-state index contributed by atoms with van der Waals surface area (Å²) in [6.45, 7) is -2.76. The number of hydrogen-bond acceptors (Lipinski definition) is 7. The summed E-state index contributed by atoms with van der Waals surface area (Å²) >= 11 is 0. The molecule has 1 saturated heterocycles. The Hall–Kier alpha value is -3.85. The third-order valence-corrected chi connectivity index (χ3v) is 5.33. The van der Waals surface area contributed by atoms with Crippen molar-refractivity contribution < 1.29 is 13.0 Å². The van der Waals surface area contributed by atoms with Gasteiger partial charge in [-0.05, 0) is 36.6 Å². The number of nitrogens with one attached hydrogen (secondary N) is 1. The number of carbonyl (C=O) groups is 1. The number of rotatable bonds is 4. The quantitative estimate of drug-likeness (QED) is 0.527. The number of piperazine rings is 1. The van der Waals surface area contributed by atoms with Gasteiger partial charge in [0.1, 0.15) is 11.6 Å². The maximum atomic E-state index is 13.0. The van der Waals surface area contributed by atoms with Crippen LogP contribution in [-0.2, 0) is 6.98 Å². The Morgan fingerprint density at radius 3 is 2.69 bits per heavy atom. The van der Waals surface area contributed by atoms with Crippen molar-refractivity contribution in [3.8, 4) is 11.3 Å². The van der Waals surface area contributed by atoms with Gasteiger partial charge in [-0.3, -0.25) is 14.5 Å². The van der Waals surface area contributed by atoms with Gasteiger partial charge in [0.05, 0.1) is 11.9 Å². The summed E-state index contributed by atoms with van der Waals surface area (Å²) in [4.78, 5) is 29.4. The summed E-state index contributed by atoms with van der Waals surface area (Å²) in [6.07, 6.45) is 7.61. The molecule has 9 heteroatoms. The molecule has 0 aromatic carbocycles. The molecule has 5 heterocycles. The Balaban J connectivity index is 1.31. The number of nitrogens with zero attached hydrogens (tertiary/aromatic N) is 7. The topological polar surface area (TPSA) is 92.1 Å². The highest BCUT2D eigenvalue weighted by atomic mass is 16.1. The summed E-state index contributed by atoms with van der Waals surface area (Å²) in [6, 6.07) is 6.76. The van der Waals surface area contributed by atoms with Gasteiger partial charge in [0.15, 0.2) is 0 Å². The van der Waals surface area contributed by atoms with Crippen LogP contribution in [0.3, 0.4) is 0 Å². The average molecular weight is 435 g/mol. The molecule has 0 saturated carbocycles. The molecular formula is C23H24N8O. The first-order valence-corrected chi connectivity index (χ1v) is 10.1.